The molecule has 0 aliphatic rings. The number of imidazole rings is 1. The van der Waals surface area contributed by atoms with Crippen molar-refractivity contribution in [2.24, 2.45) is 22.2 Å². The largest absolute Gasteiger partial charge is 0.480 e. The van der Waals surface area contributed by atoms with Gasteiger partial charge in [-0.15, -0.1) is 0 Å². The number of nitrogens with two attached hydrogens (primary N) is 3. The van der Waals surface area contributed by atoms with Gasteiger partial charge in [-0.05, 0) is 12.8 Å². The molecule has 0 fully saturated rings. The number of aromatic nitrogens is 2. The van der Waals surface area contributed by atoms with Crippen LogP contribution in [0.4, 0.5) is 0 Å². The molecule has 3 atom stereocenters. The topological polar surface area (TPSA) is 264 Å². The summed E-state index contributed by atoms with van der Waals surface area (Å²) in [6.45, 7) is -1.19. The zero-order valence-electron chi connectivity index (χ0n) is 17.3. The number of carbonyl (C=O) groups is 4. The molecule has 0 bridgehead atoms. The first kappa shape index (κ1) is 26.3. The Bertz CT molecular complexity index is 794. The van der Waals surface area contributed by atoms with E-state index in [2.05, 4.69) is 30.9 Å². The van der Waals surface area contributed by atoms with Crippen LogP contribution >= 0.6 is 0 Å². The summed E-state index contributed by atoms with van der Waals surface area (Å²) in [5.74, 6) is -3.67. The third-order valence-electron chi connectivity index (χ3n) is 4.15. The van der Waals surface area contributed by atoms with Crippen molar-refractivity contribution in [2.75, 3.05) is 19.7 Å². The van der Waals surface area contributed by atoms with Crippen LogP contribution in [0.3, 0.4) is 0 Å². The molecule has 0 radical (unpaired) electrons. The number of aromatic amines is 1. The van der Waals surface area contributed by atoms with Crippen molar-refractivity contribution in [1.82, 2.24) is 25.9 Å². The number of aliphatic carboxylic acids is 1. The van der Waals surface area contributed by atoms with Gasteiger partial charge >= 0.3 is 5.97 Å². The fourth-order valence-corrected chi connectivity index (χ4v) is 2.51. The number of H-pyrrole nitrogens is 1. The molecule has 1 heterocycles. The van der Waals surface area contributed by atoms with E-state index in [1.807, 2.05) is 0 Å². The minimum atomic E-state index is -1.42. The molecule has 1 aromatic rings. The minimum Gasteiger partial charge on any atom is -0.480 e. The van der Waals surface area contributed by atoms with Crippen molar-refractivity contribution in [3.05, 3.63) is 18.2 Å². The van der Waals surface area contributed by atoms with Crippen LogP contribution in [0.25, 0.3) is 0 Å². The first-order chi connectivity index (χ1) is 15.1. The standard InChI is InChI=1S/C17H29N9O6/c18-10(2-1-3-22-17(19)20)14(30)25-11(4-9-5-21-8-24-9)16(32)26-12(7-27)15(31)23-6-13(28)29/h5,8,10-12,27H,1-4,6-7,18H2,(H,21,24)(H,23,31)(H,25,30)(H,26,32)(H,28,29)(H4,19,20,22). The maximum atomic E-state index is 12.7. The minimum absolute atomic E-state index is 0.00676. The van der Waals surface area contributed by atoms with Gasteiger partial charge in [0.25, 0.3) is 0 Å². The van der Waals surface area contributed by atoms with Gasteiger partial charge in [0.15, 0.2) is 5.96 Å². The number of guanidine groups is 1. The highest BCUT2D eigenvalue weighted by atomic mass is 16.4. The van der Waals surface area contributed by atoms with Crippen LogP contribution in [0.5, 0.6) is 0 Å². The number of aliphatic hydroxyl groups excluding tert-OH is 1. The number of carboxylic acid groups (broad SMARTS) is 1. The van der Waals surface area contributed by atoms with Crippen molar-refractivity contribution in [1.29, 1.82) is 0 Å². The maximum Gasteiger partial charge on any atom is 0.322 e. The van der Waals surface area contributed by atoms with Crippen molar-refractivity contribution >= 4 is 29.7 Å². The predicted octanol–water partition coefficient (Wildman–Crippen LogP) is -4.50. The zero-order chi connectivity index (χ0) is 24.1. The lowest BCUT2D eigenvalue weighted by Crippen LogP contribution is -2.57. The lowest BCUT2D eigenvalue weighted by molar-refractivity contribution is -0.139. The van der Waals surface area contributed by atoms with Gasteiger partial charge in [-0.1, -0.05) is 0 Å². The van der Waals surface area contributed by atoms with E-state index < -0.39 is 55.0 Å². The van der Waals surface area contributed by atoms with Crippen LogP contribution < -0.4 is 33.2 Å². The molecule has 0 saturated heterocycles. The zero-order valence-corrected chi connectivity index (χ0v) is 17.3. The van der Waals surface area contributed by atoms with Crippen molar-refractivity contribution in [3.8, 4) is 0 Å². The van der Waals surface area contributed by atoms with Crippen LogP contribution in [0.15, 0.2) is 17.5 Å². The maximum absolute atomic E-state index is 12.7. The van der Waals surface area contributed by atoms with Gasteiger partial charge in [0.05, 0.1) is 19.0 Å². The fourth-order valence-electron chi connectivity index (χ4n) is 2.51. The normalized spacial score (nSPS) is 13.3. The number of carbonyl (C=O) groups excluding carboxylic acids is 3. The van der Waals surface area contributed by atoms with E-state index in [9.17, 15) is 24.3 Å². The number of hydrogen-bond donors (Lipinski definition) is 9. The molecule has 0 aliphatic carbocycles. The Labute approximate surface area is 183 Å². The number of rotatable bonds is 14. The molecule has 32 heavy (non-hydrogen) atoms. The molecule has 0 aliphatic heterocycles. The molecule has 1 aromatic heterocycles. The Hall–Kier alpha value is -3.72. The molecule has 0 aromatic carbocycles. The number of aliphatic hydroxyl groups is 1. The van der Waals surface area contributed by atoms with Crippen LogP contribution in [0.2, 0.25) is 0 Å². The Balaban J connectivity index is 2.78. The Kier molecular flexibility index (Phi) is 11.1. The van der Waals surface area contributed by atoms with Gasteiger partial charge in [0.2, 0.25) is 17.7 Å². The summed E-state index contributed by atoms with van der Waals surface area (Å²) < 4.78 is 0. The van der Waals surface area contributed by atoms with Gasteiger partial charge in [-0.3, -0.25) is 24.2 Å². The van der Waals surface area contributed by atoms with Crippen LogP contribution in [0.1, 0.15) is 18.5 Å². The number of hydrogen-bond acceptors (Lipinski definition) is 8. The number of nitrogens with zero attached hydrogens (tertiary/aromatic N) is 2. The first-order valence-corrected chi connectivity index (χ1v) is 9.63. The number of carboxylic acids is 1. The van der Waals surface area contributed by atoms with E-state index in [1.165, 1.54) is 12.5 Å². The van der Waals surface area contributed by atoms with Crippen LogP contribution in [-0.4, -0.2) is 87.7 Å². The number of aliphatic imine (C=N–C) groups is 1. The Morgan fingerprint density at radius 2 is 1.81 bits per heavy atom. The molecular weight excluding hydrogens is 426 g/mol. The van der Waals surface area contributed by atoms with Gasteiger partial charge in [-0.2, -0.15) is 0 Å². The van der Waals surface area contributed by atoms with E-state index in [0.29, 0.717) is 12.1 Å². The van der Waals surface area contributed by atoms with Crippen molar-refractivity contribution in [3.63, 3.8) is 0 Å². The second-order valence-electron chi connectivity index (χ2n) is 6.75. The molecule has 0 saturated carbocycles. The SMILES string of the molecule is NC(N)=NCCCC(N)C(=O)NC(Cc1cnc[nH]1)C(=O)NC(CO)C(=O)NCC(=O)O. The predicted molar refractivity (Wildman–Crippen MR) is 112 cm³/mol. The lowest BCUT2D eigenvalue weighted by Gasteiger charge is -2.23. The molecule has 3 unspecified atom stereocenters. The third-order valence-corrected chi connectivity index (χ3v) is 4.15. The summed E-state index contributed by atoms with van der Waals surface area (Å²) in [7, 11) is 0. The van der Waals surface area contributed by atoms with E-state index >= 15 is 0 Å². The molecule has 0 spiro atoms. The Morgan fingerprint density at radius 3 is 2.38 bits per heavy atom. The third kappa shape index (κ3) is 9.86. The average molecular weight is 455 g/mol. The summed E-state index contributed by atoms with van der Waals surface area (Å²) in [4.78, 5) is 58.2. The summed E-state index contributed by atoms with van der Waals surface area (Å²) in [5.41, 5.74) is 16.8. The van der Waals surface area contributed by atoms with Gasteiger partial charge in [-0.25, -0.2) is 4.98 Å². The lowest BCUT2D eigenvalue weighted by atomic mass is 10.1. The van der Waals surface area contributed by atoms with E-state index in [-0.39, 0.29) is 25.3 Å². The highest BCUT2D eigenvalue weighted by molar-refractivity contribution is 5.93. The van der Waals surface area contributed by atoms with Crippen LogP contribution in [0, 0.1) is 0 Å². The van der Waals surface area contributed by atoms with Gasteiger partial charge in [0, 0.05) is 24.9 Å². The smallest absolute Gasteiger partial charge is 0.322 e. The quantitative estimate of drug-likeness (QED) is 0.0736. The summed E-state index contributed by atoms with van der Waals surface area (Å²) in [5, 5.41) is 24.9. The molecule has 178 valence electrons. The first-order valence-electron chi connectivity index (χ1n) is 9.63. The summed E-state index contributed by atoms with van der Waals surface area (Å²) in [6.07, 6.45) is 3.51. The van der Waals surface area contributed by atoms with Crippen molar-refractivity contribution in [2.45, 2.75) is 37.4 Å². The number of amides is 3. The van der Waals surface area contributed by atoms with Gasteiger partial charge in [0.1, 0.15) is 18.6 Å². The van der Waals surface area contributed by atoms with Gasteiger partial charge < -0.3 is 48.3 Å². The molecule has 15 heteroatoms. The van der Waals surface area contributed by atoms with E-state index in [0.717, 1.165) is 0 Å². The Morgan fingerprint density at radius 1 is 1.12 bits per heavy atom. The summed E-state index contributed by atoms with van der Waals surface area (Å²) >= 11 is 0. The average Bonchev–Trinajstić information content (AvgIpc) is 3.25. The second-order valence-corrected chi connectivity index (χ2v) is 6.75. The number of nitrogens with one attached hydrogen (secondary N) is 4. The molecule has 3 amide bonds. The second kappa shape index (κ2) is 13.6. The molecule has 1 rings (SSSR count). The highest BCUT2D eigenvalue weighted by Gasteiger charge is 2.28. The van der Waals surface area contributed by atoms with Crippen LogP contribution in [-0.2, 0) is 25.6 Å². The van der Waals surface area contributed by atoms with E-state index in [1.54, 1.807) is 0 Å². The highest BCUT2D eigenvalue weighted by Crippen LogP contribution is 2.02. The molecular formula is C17H29N9O6. The van der Waals surface area contributed by atoms with E-state index in [4.69, 9.17) is 22.3 Å². The van der Waals surface area contributed by atoms with Crippen molar-refractivity contribution < 1.29 is 29.4 Å². The monoisotopic (exact) mass is 455 g/mol. The fraction of sp³-hybridized carbons (Fsp3) is 0.529. The molecule has 12 N–H and O–H groups in total. The molecule has 15 nitrogen and oxygen atoms in total. The summed E-state index contributed by atoms with van der Waals surface area (Å²) in [6, 6.07) is -3.53.